The molecular weight excluding hydrogens is 433 g/mol. The lowest BCUT2D eigenvalue weighted by atomic mass is 9.84. The number of benzene rings is 1. The Hall–Kier alpha value is -1.94. The molecular formula is C21H24ClF3N4O2. The number of alkyl halides is 3. The van der Waals surface area contributed by atoms with Crippen molar-refractivity contribution in [3.63, 3.8) is 0 Å². The maximum Gasteiger partial charge on any atom is 0.433 e. The molecule has 1 aromatic heterocycles. The number of hydrogen-bond acceptors (Lipinski definition) is 6. The molecule has 0 aliphatic carbocycles. The van der Waals surface area contributed by atoms with Crippen molar-refractivity contribution >= 4 is 17.5 Å². The first-order chi connectivity index (χ1) is 14.5. The second-order valence-corrected chi connectivity index (χ2v) is 8.74. The van der Waals surface area contributed by atoms with Crippen LogP contribution in [0.1, 0.15) is 29.8 Å². The summed E-state index contributed by atoms with van der Waals surface area (Å²) in [5.41, 5.74) is -0.927. The van der Waals surface area contributed by atoms with Gasteiger partial charge in [0, 0.05) is 36.9 Å². The van der Waals surface area contributed by atoms with Crippen molar-refractivity contribution in [1.82, 2.24) is 14.9 Å². The van der Waals surface area contributed by atoms with Gasteiger partial charge in [-0.2, -0.15) is 13.2 Å². The molecule has 0 saturated carbocycles. The van der Waals surface area contributed by atoms with E-state index in [0.29, 0.717) is 37.5 Å². The minimum Gasteiger partial charge on any atom is -0.390 e. The molecule has 2 saturated heterocycles. The van der Waals surface area contributed by atoms with E-state index < -0.39 is 23.6 Å². The molecule has 168 valence electrons. The van der Waals surface area contributed by atoms with Gasteiger partial charge in [0.05, 0.1) is 17.7 Å². The number of halogens is 4. The van der Waals surface area contributed by atoms with E-state index in [1.807, 2.05) is 12.1 Å². The van der Waals surface area contributed by atoms with Crippen LogP contribution in [-0.4, -0.2) is 63.4 Å². The lowest BCUT2D eigenvalue weighted by Crippen LogP contribution is -2.51. The zero-order valence-electron chi connectivity index (χ0n) is 17.0. The number of aromatic nitrogens is 2. The number of likely N-dealkylation sites (tertiary alicyclic amines) is 1. The van der Waals surface area contributed by atoms with Gasteiger partial charge in [0.25, 0.3) is 0 Å². The second-order valence-electron chi connectivity index (χ2n) is 8.31. The molecule has 4 rings (SSSR count). The highest BCUT2D eigenvalue weighted by molar-refractivity contribution is 6.30. The lowest BCUT2D eigenvalue weighted by Gasteiger charge is -2.41. The monoisotopic (exact) mass is 456 g/mol. The molecule has 2 aliphatic heterocycles. The first-order valence-electron chi connectivity index (χ1n) is 10.1. The smallest absolute Gasteiger partial charge is 0.390 e. The van der Waals surface area contributed by atoms with Crippen LogP contribution in [0.15, 0.2) is 30.3 Å². The predicted molar refractivity (Wildman–Crippen MR) is 110 cm³/mol. The van der Waals surface area contributed by atoms with Crippen LogP contribution in [-0.2, 0) is 11.8 Å². The first-order valence-corrected chi connectivity index (χ1v) is 10.5. The van der Waals surface area contributed by atoms with E-state index in [-0.39, 0.29) is 24.2 Å². The molecule has 3 heterocycles. The summed E-state index contributed by atoms with van der Waals surface area (Å²) in [6.45, 7) is 3.08. The highest BCUT2D eigenvalue weighted by atomic mass is 35.5. The number of β-amino-alcohol motifs (C(OH)–C–C–N with tert-alkyl or cyclic N) is 1. The third kappa shape index (κ3) is 4.64. The topological polar surface area (TPSA) is 72.7 Å². The summed E-state index contributed by atoms with van der Waals surface area (Å²) in [5, 5.41) is 22.3. The van der Waals surface area contributed by atoms with E-state index in [4.69, 9.17) is 11.6 Å². The Bertz CT molecular complexity index is 933. The van der Waals surface area contributed by atoms with Crippen molar-refractivity contribution in [2.75, 3.05) is 31.1 Å². The standard InChI is InChI=1S/C21H24ClF3N4O2/c1-13-10-18(21(23,24)25)27-19(26-13)29-11-16(17(30)12-29)28-8-6-20(31,7-9-28)14-2-4-15(22)5-3-14/h2-5,10,16-17,30-31H,6-9,11-12H2,1H3. The Morgan fingerprint density at radius 1 is 1.10 bits per heavy atom. The first kappa shape index (κ1) is 22.3. The van der Waals surface area contributed by atoms with Crippen LogP contribution in [0.5, 0.6) is 0 Å². The molecule has 6 nitrogen and oxygen atoms in total. The molecule has 2 fully saturated rings. The van der Waals surface area contributed by atoms with E-state index in [0.717, 1.165) is 11.6 Å². The van der Waals surface area contributed by atoms with E-state index in [1.54, 1.807) is 17.0 Å². The zero-order valence-corrected chi connectivity index (χ0v) is 17.7. The lowest BCUT2D eigenvalue weighted by molar-refractivity contribution is -0.141. The van der Waals surface area contributed by atoms with Gasteiger partial charge in [0.15, 0.2) is 0 Å². The summed E-state index contributed by atoms with van der Waals surface area (Å²) in [6.07, 6.45) is -4.34. The number of aliphatic hydroxyl groups is 2. The Balaban J connectivity index is 1.45. The molecule has 0 radical (unpaired) electrons. The molecule has 0 spiro atoms. The van der Waals surface area contributed by atoms with Crippen LogP contribution >= 0.6 is 11.6 Å². The van der Waals surface area contributed by atoms with Crippen molar-refractivity contribution in [3.8, 4) is 0 Å². The number of aliphatic hydroxyl groups excluding tert-OH is 1. The molecule has 1 aromatic carbocycles. The summed E-state index contributed by atoms with van der Waals surface area (Å²) in [6, 6.07) is 7.77. The van der Waals surface area contributed by atoms with Gasteiger partial charge in [-0.1, -0.05) is 23.7 Å². The van der Waals surface area contributed by atoms with Crippen LogP contribution in [0.4, 0.5) is 19.1 Å². The van der Waals surface area contributed by atoms with E-state index in [9.17, 15) is 23.4 Å². The van der Waals surface area contributed by atoms with Crippen LogP contribution in [0.25, 0.3) is 0 Å². The third-order valence-electron chi connectivity index (χ3n) is 6.15. The van der Waals surface area contributed by atoms with Crippen molar-refractivity contribution in [1.29, 1.82) is 0 Å². The second kappa shape index (κ2) is 8.20. The van der Waals surface area contributed by atoms with Gasteiger partial charge in [0.1, 0.15) is 5.69 Å². The number of aryl methyl sites for hydroxylation is 1. The summed E-state index contributed by atoms with van der Waals surface area (Å²) in [5.74, 6) is -0.0245. The average Bonchev–Trinajstić information content (AvgIpc) is 3.09. The number of anilines is 1. The van der Waals surface area contributed by atoms with Crippen molar-refractivity contribution in [2.24, 2.45) is 0 Å². The van der Waals surface area contributed by atoms with E-state index >= 15 is 0 Å². The summed E-state index contributed by atoms with van der Waals surface area (Å²) in [4.78, 5) is 11.5. The fourth-order valence-electron chi connectivity index (χ4n) is 4.41. The minimum absolute atomic E-state index is 0.0245. The molecule has 31 heavy (non-hydrogen) atoms. The highest BCUT2D eigenvalue weighted by Crippen LogP contribution is 2.36. The molecule has 0 bridgehead atoms. The van der Waals surface area contributed by atoms with Crippen LogP contribution in [0.2, 0.25) is 5.02 Å². The van der Waals surface area contributed by atoms with Gasteiger partial charge in [-0.05, 0) is 43.5 Å². The zero-order chi connectivity index (χ0) is 22.4. The van der Waals surface area contributed by atoms with Gasteiger partial charge < -0.3 is 15.1 Å². The van der Waals surface area contributed by atoms with E-state index in [2.05, 4.69) is 14.9 Å². The molecule has 2 unspecified atom stereocenters. The SMILES string of the molecule is Cc1cc(C(F)(F)F)nc(N2CC(O)C(N3CCC(O)(c4ccc(Cl)cc4)CC3)C2)n1. The normalized spacial score (nSPS) is 24.5. The molecule has 2 atom stereocenters. The molecule has 0 amide bonds. The van der Waals surface area contributed by atoms with Gasteiger partial charge in [0.2, 0.25) is 5.95 Å². The van der Waals surface area contributed by atoms with Crippen LogP contribution in [0.3, 0.4) is 0 Å². The van der Waals surface area contributed by atoms with Crippen LogP contribution < -0.4 is 4.90 Å². The van der Waals surface area contributed by atoms with Gasteiger partial charge in [-0.15, -0.1) is 0 Å². The maximum absolute atomic E-state index is 13.1. The fraction of sp³-hybridized carbons (Fsp3) is 0.524. The number of rotatable bonds is 3. The molecule has 10 heteroatoms. The van der Waals surface area contributed by atoms with Gasteiger partial charge >= 0.3 is 6.18 Å². The Morgan fingerprint density at radius 3 is 2.35 bits per heavy atom. The average molecular weight is 457 g/mol. The maximum atomic E-state index is 13.1. The molecule has 2 aromatic rings. The Labute approximate surface area is 183 Å². The Kier molecular flexibility index (Phi) is 5.89. The van der Waals surface area contributed by atoms with Crippen molar-refractivity contribution in [3.05, 3.63) is 52.3 Å². The minimum atomic E-state index is -4.56. The van der Waals surface area contributed by atoms with Crippen molar-refractivity contribution in [2.45, 2.75) is 43.7 Å². The Morgan fingerprint density at radius 2 is 1.74 bits per heavy atom. The summed E-state index contributed by atoms with van der Waals surface area (Å²) >= 11 is 5.94. The quantitative estimate of drug-likeness (QED) is 0.740. The summed E-state index contributed by atoms with van der Waals surface area (Å²) in [7, 11) is 0. The number of hydrogen-bond donors (Lipinski definition) is 2. The molecule has 2 aliphatic rings. The highest BCUT2D eigenvalue weighted by Gasteiger charge is 2.42. The molecule has 2 N–H and O–H groups in total. The van der Waals surface area contributed by atoms with Gasteiger partial charge in [-0.25, -0.2) is 9.97 Å². The van der Waals surface area contributed by atoms with Crippen molar-refractivity contribution < 1.29 is 23.4 Å². The summed E-state index contributed by atoms with van der Waals surface area (Å²) < 4.78 is 39.3. The third-order valence-corrected chi connectivity index (χ3v) is 6.40. The number of piperidine rings is 1. The fourth-order valence-corrected chi connectivity index (χ4v) is 4.53. The van der Waals surface area contributed by atoms with E-state index in [1.165, 1.54) is 6.92 Å². The largest absolute Gasteiger partial charge is 0.433 e. The number of nitrogens with zero attached hydrogens (tertiary/aromatic N) is 4. The van der Waals surface area contributed by atoms with Crippen LogP contribution in [0, 0.1) is 6.92 Å². The van der Waals surface area contributed by atoms with Gasteiger partial charge in [-0.3, -0.25) is 4.90 Å². The predicted octanol–water partition coefficient (Wildman–Crippen LogP) is 2.99.